The number of imide groups is 1. The molecule has 0 saturated heterocycles. The molecule has 1 N–H and O–H groups in total. The van der Waals surface area contributed by atoms with Gasteiger partial charge in [0.1, 0.15) is 5.75 Å². The zero-order valence-corrected chi connectivity index (χ0v) is 16.2. The van der Waals surface area contributed by atoms with Crippen LogP contribution in [0.3, 0.4) is 0 Å². The first kappa shape index (κ1) is 23.9. The lowest BCUT2D eigenvalue weighted by atomic mass is 10.1. The van der Waals surface area contributed by atoms with Gasteiger partial charge < -0.3 is 14.2 Å². The number of non-ortho nitro benzene ring substituents is 1. The van der Waals surface area contributed by atoms with Crippen molar-refractivity contribution in [3.8, 4) is 5.75 Å². The number of hydrogen-bond donors (Lipinski definition) is 1. The Balaban J connectivity index is 1.99. The fraction of sp³-hybridized carbons (Fsp3) is 0.158. The molecule has 2 amide bonds. The maximum absolute atomic E-state index is 12.1. The van der Waals surface area contributed by atoms with Crippen LogP contribution in [0.1, 0.15) is 31.1 Å². The summed E-state index contributed by atoms with van der Waals surface area (Å²) in [7, 11) is 1.04. The second-order valence-corrected chi connectivity index (χ2v) is 5.87. The number of carbonyl (C=O) groups excluding carboxylic acids is 4. The van der Waals surface area contributed by atoms with E-state index in [9.17, 15) is 38.1 Å². The van der Waals surface area contributed by atoms with Crippen molar-refractivity contribution in [2.45, 2.75) is 6.61 Å². The average Bonchev–Trinajstić information content (AvgIpc) is 2.76. The Labute approximate surface area is 178 Å². The fourth-order valence-corrected chi connectivity index (χ4v) is 2.31. The van der Waals surface area contributed by atoms with E-state index in [4.69, 9.17) is 4.74 Å². The van der Waals surface area contributed by atoms with Crippen LogP contribution in [0.25, 0.3) is 0 Å². The van der Waals surface area contributed by atoms with Crippen molar-refractivity contribution in [2.75, 3.05) is 13.7 Å². The highest BCUT2D eigenvalue weighted by Crippen LogP contribution is 2.19. The van der Waals surface area contributed by atoms with Crippen LogP contribution in [0.2, 0.25) is 0 Å². The quantitative estimate of drug-likeness (QED) is 0.361. The van der Waals surface area contributed by atoms with Crippen LogP contribution in [-0.2, 0) is 14.3 Å². The minimum atomic E-state index is -3.04. The number of nitro groups is 1. The van der Waals surface area contributed by atoms with Crippen molar-refractivity contribution in [3.05, 3.63) is 69.3 Å². The molecule has 13 heteroatoms. The van der Waals surface area contributed by atoms with Crippen LogP contribution < -0.4 is 10.1 Å². The molecule has 11 nitrogen and oxygen atoms in total. The molecule has 0 saturated carbocycles. The standard InChI is InChI=1S/C19H14F2N2O9/c1-30-17(26)11-6-12(8-13(7-11)23(28)29)18(27)31-9-15(24)22-16(25)10-2-4-14(5-3-10)32-19(20)21/h2-8,19H,9H2,1H3,(H,22,24,25). The van der Waals surface area contributed by atoms with E-state index in [0.717, 1.165) is 49.6 Å². The molecule has 0 heterocycles. The van der Waals surface area contributed by atoms with Crippen molar-refractivity contribution in [3.63, 3.8) is 0 Å². The van der Waals surface area contributed by atoms with E-state index in [0.29, 0.717) is 0 Å². The molecule has 0 bridgehead atoms. The van der Waals surface area contributed by atoms with Crippen LogP contribution in [-0.4, -0.2) is 49.0 Å². The van der Waals surface area contributed by atoms with Gasteiger partial charge in [-0.15, -0.1) is 0 Å². The molecule has 0 fully saturated rings. The number of carbonyl (C=O) groups is 4. The highest BCUT2D eigenvalue weighted by molar-refractivity contribution is 6.05. The van der Waals surface area contributed by atoms with Gasteiger partial charge in [-0.05, 0) is 30.3 Å². The predicted octanol–water partition coefficient (Wildman–Crippen LogP) is 2.10. The summed E-state index contributed by atoms with van der Waals surface area (Å²) in [6.45, 7) is -3.96. The third-order valence-corrected chi connectivity index (χ3v) is 3.71. The molecule has 0 unspecified atom stereocenters. The van der Waals surface area contributed by atoms with Crippen molar-refractivity contribution >= 4 is 29.4 Å². The monoisotopic (exact) mass is 452 g/mol. The molecule has 2 aromatic carbocycles. The number of nitrogens with one attached hydrogen (secondary N) is 1. The minimum Gasteiger partial charge on any atom is -0.465 e. The van der Waals surface area contributed by atoms with E-state index in [1.54, 1.807) is 0 Å². The Hall–Kier alpha value is -4.42. The maximum atomic E-state index is 12.1. The Morgan fingerprint density at radius 1 is 1.00 bits per heavy atom. The van der Waals surface area contributed by atoms with Gasteiger partial charge in [-0.3, -0.25) is 25.0 Å². The van der Waals surface area contributed by atoms with Gasteiger partial charge in [0.05, 0.1) is 23.2 Å². The summed E-state index contributed by atoms with van der Waals surface area (Å²) < 4.78 is 37.5. The number of ether oxygens (including phenoxy) is 3. The smallest absolute Gasteiger partial charge is 0.387 e. The van der Waals surface area contributed by atoms with Gasteiger partial charge in [-0.25, -0.2) is 9.59 Å². The van der Waals surface area contributed by atoms with Crippen molar-refractivity contribution < 1.29 is 47.1 Å². The number of esters is 2. The van der Waals surface area contributed by atoms with Gasteiger partial charge in [0.25, 0.3) is 17.5 Å². The Bertz CT molecular complexity index is 1060. The topological polar surface area (TPSA) is 151 Å². The zero-order valence-electron chi connectivity index (χ0n) is 16.2. The van der Waals surface area contributed by atoms with Crippen molar-refractivity contribution in [2.24, 2.45) is 0 Å². The molecule has 2 aromatic rings. The molecule has 0 atom stereocenters. The summed E-state index contributed by atoms with van der Waals surface area (Å²) in [6.07, 6.45) is 0. The molecule has 2 rings (SSSR count). The van der Waals surface area contributed by atoms with Gasteiger partial charge in [-0.2, -0.15) is 8.78 Å². The summed E-state index contributed by atoms with van der Waals surface area (Å²) in [5.74, 6) is -4.24. The first-order valence-corrected chi connectivity index (χ1v) is 8.54. The zero-order chi connectivity index (χ0) is 23.8. The molecular weight excluding hydrogens is 438 g/mol. The summed E-state index contributed by atoms with van der Waals surface area (Å²) in [6, 6.07) is 7.15. The van der Waals surface area contributed by atoms with Crippen LogP contribution >= 0.6 is 0 Å². The van der Waals surface area contributed by atoms with Gasteiger partial charge >= 0.3 is 18.6 Å². The van der Waals surface area contributed by atoms with E-state index in [-0.39, 0.29) is 16.9 Å². The minimum absolute atomic E-state index is 0.0623. The number of methoxy groups -OCH3 is 1. The summed E-state index contributed by atoms with van der Waals surface area (Å²) >= 11 is 0. The summed E-state index contributed by atoms with van der Waals surface area (Å²) in [4.78, 5) is 57.7. The Morgan fingerprint density at radius 2 is 1.59 bits per heavy atom. The number of rotatable bonds is 8. The lowest BCUT2D eigenvalue weighted by molar-refractivity contribution is -0.384. The molecule has 0 aromatic heterocycles. The third kappa shape index (κ3) is 6.55. The second kappa shape index (κ2) is 10.6. The van der Waals surface area contributed by atoms with Crippen LogP contribution in [0.4, 0.5) is 14.5 Å². The molecule has 0 aliphatic carbocycles. The van der Waals surface area contributed by atoms with Crippen LogP contribution in [0, 0.1) is 10.1 Å². The predicted molar refractivity (Wildman–Crippen MR) is 100 cm³/mol. The molecule has 0 aliphatic heterocycles. The molecular formula is C19H14F2N2O9. The maximum Gasteiger partial charge on any atom is 0.387 e. The lowest BCUT2D eigenvalue weighted by Crippen LogP contribution is -2.34. The van der Waals surface area contributed by atoms with E-state index < -0.39 is 53.1 Å². The highest BCUT2D eigenvalue weighted by atomic mass is 19.3. The fourth-order valence-electron chi connectivity index (χ4n) is 2.31. The van der Waals surface area contributed by atoms with Gasteiger partial charge in [0.15, 0.2) is 6.61 Å². The highest BCUT2D eigenvalue weighted by Gasteiger charge is 2.20. The molecule has 0 aliphatic rings. The number of halogens is 2. The van der Waals surface area contributed by atoms with Crippen molar-refractivity contribution in [1.29, 1.82) is 0 Å². The number of benzene rings is 2. The molecule has 0 spiro atoms. The van der Waals surface area contributed by atoms with Crippen LogP contribution in [0.15, 0.2) is 42.5 Å². The SMILES string of the molecule is COC(=O)c1cc(C(=O)OCC(=O)NC(=O)c2ccc(OC(F)F)cc2)cc([N+](=O)[O-])c1. The number of alkyl halides is 2. The largest absolute Gasteiger partial charge is 0.465 e. The normalized spacial score (nSPS) is 10.2. The number of hydrogen-bond acceptors (Lipinski definition) is 9. The van der Waals surface area contributed by atoms with E-state index >= 15 is 0 Å². The lowest BCUT2D eigenvalue weighted by Gasteiger charge is -2.08. The van der Waals surface area contributed by atoms with E-state index in [2.05, 4.69) is 9.47 Å². The molecule has 168 valence electrons. The average molecular weight is 452 g/mol. The number of nitro benzene ring substituents is 1. The first-order valence-electron chi connectivity index (χ1n) is 8.54. The van der Waals surface area contributed by atoms with Crippen LogP contribution in [0.5, 0.6) is 5.75 Å². The van der Waals surface area contributed by atoms with E-state index in [1.807, 2.05) is 5.32 Å². The molecule has 0 radical (unpaired) electrons. The van der Waals surface area contributed by atoms with Gasteiger partial charge in [0, 0.05) is 17.7 Å². The summed E-state index contributed by atoms with van der Waals surface area (Å²) in [5.41, 5.74) is -1.33. The second-order valence-electron chi connectivity index (χ2n) is 5.87. The van der Waals surface area contributed by atoms with Gasteiger partial charge in [-0.1, -0.05) is 0 Å². The van der Waals surface area contributed by atoms with Crippen molar-refractivity contribution in [1.82, 2.24) is 5.32 Å². The third-order valence-electron chi connectivity index (χ3n) is 3.71. The number of nitrogens with zero attached hydrogens (tertiary/aromatic N) is 1. The van der Waals surface area contributed by atoms with E-state index in [1.165, 1.54) is 0 Å². The first-order chi connectivity index (χ1) is 15.1. The Morgan fingerprint density at radius 3 is 2.12 bits per heavy atom. The number of amides is 2. The Kier molecular flexibility index (Phi) is 7.87. The summed E-state index contributed by atoms with van der Waals surface area (Å²) in [5, 5.41) is 12.9. The van der Waals surface area contributed by atoms with Gasteiger partial charge in [0.2, 0.25) is 0 Å². The molecule has 32 heavy (non-hydrogen) atoms.